The number of nitrogens with two attached hydrogens (primary N) is 1. The lowest BCUT2D eigenvalue weighted by Crippen LogP contribution is -2.01. The Morgan fingerprint density at radius 2 is 2.20 bits per heavy atom. The summed E-state index contributed by atoms with van der Waals surface area (Å²) in [4.78, 5) is 12.3. The fourth-order valence-corrected chi connectivity index (χ4v) is 2.39. The van der Waals surface area contributed by atoms with Crippen LogP contribution in [-0.2, 0) is 13.5 Å². The van der Waals surface area contributed by atoms with Crippen molar-refractivity contribution >= 4 is 11.0 Å². The third kappa shape index (κ3) is 2.20. The molecule has 0 fully saturated rings. The maximum Gasteiger partial charge on any atom is 0.106 e. The van der Waals surface area contributed by atoms with Crippen LogP contribution in [0.1, 0.15) is 18.1 Å². The number of aryl methyl sites for hydroxylation is 3. The number of imidazole rings is 2. The molecule has 0 aliphatic rings. The Labute approximate surface area is 117 Å². The maximum absolute atomic E-state index is 5.52. The summed E-state index contributed by atoms with van der Waals surface area (Å²) in [5, 5.41) is 0. The van der Waals surface area contributed by atoms with E-state index in [4.69, 9.17) is 5.73 Å². The Kier molecular flexibility index (Phi) is 3.28. The molecule has 2 aromatic heterocycles. The fourth-order valence-electron chi connectivity index (χ4n) is 2.39. The van der Waals surface area contributed by atoms with Gasteiger partial charge in [-0.1, -0.05) is 6.07 Å². The molecule has 0 radical (unpaired) electrons. The SMILES string of the molecule is Cc1nc2cc(-c3cnc(CCCN)[nH]3)ccc2n1C. The van der Waals surface area contributed by atoms with E-state index in [0.717, 1.165) is 46.8 Å². The molecular formula is C15H19N5. The van der Waals surface area contributed by atoms with Crippen LogP contribution >= 0.6 is 0 Å². The van der Waals surface area contributed by atoms with Crippen LogP contribution in [0.15, 0.2) is 24.4 Å². The lowest BCUT2D eigenvalue weighted by molar-refractivity contribution is 0.794. The number of aromatic nitrogens is 4. The molecule has 0 bridgehead atoms. The maximum atomic E-state index is 5.52. The Balaban J connectivity index is 1.95. The van der Waals surface area contributed by atoms with Gasteiger partial charge >= 0.3 is 0 Å². The van der Waals surface area contributed by atoms with Crippen molar-refractivity contribution in [1.29, 1.82) is 0 Å². The first-order valence-electron chi connectivity index (χ1n) is 6.86. The van der Waals surface area contributed by atoms with Crippen LogP contribution in [-0.4, -0.2) is 26.1 Å². The van der Waals surface area contributed by atoms with E-state index in [9.17, 15) is 0 Å². The number of hydrogen-bond acceptors (Lipinski definition) is 3. The zero-order chi connectivity index (χ0) is 14.1. The van der Waals surface area contributed by atoms with Crippen LogP contribution in [0, 0.1) is 6.92 Å². The molecular weight excluding hydrogens is 250 g/mol. The van der Waals surface area contributed by atoms with Crippen LogP contribution in [0.4, 0.5) is 0 Å². The van der Waals surface area contributed by atoms with Gasteiger partial charge in [0.15, 0.2) is 0 Å². The van der Waals surface area contributed by atoms with Gasteiger partial charge in [0, 0.05) is 19.0 Å². The highest BCUT2D eigenvalue weighted by molar-refractivity contribution is 5.81. The number of H-pyrrole nitrogens is 1. The van der Waals surface area contributed by atoms with E-state index in [0.29, 0.717) is 6.54 Å². The number of benzene rings is 1. The summed E-state index contributed by atoms with van der Waals surface area (Å²) in [5.74, 6) is 2.01. The zero-order valence-electron chi connectivity index (χ0n) is 11.8. The van der Waals surface area contributed by atoms with Gasteiger partial charge in [-0.05, 0) is 32.0 Å². The molecule has 5 heteroatoms. The van der Waals surface area contributed by atoms with Gasteiger partial charge in [-0.25, -0.2) is 9.97 Å². The first-order chi connectivity index (χ1) is 9.69. The molecule has 3 N–H and O–H groups in total. The number of rotatable bonds is 4. The van der Waals surface area contributed by atoms with Crippen molar-refractivity contribution in [2.75, 3.05) is 6.54 Å². The Morgan fingerprint density at radius 3 is 3.00 bits per heavy atom. The Hall–Kier alpha value is -2.14. The molecule has 3 aromatic rings. The van der Waals surface area contributed by atoms with Crippen LogP contribution < -0.4 is 5.73 Å². The summed E-state index contributed by atoms with van der Waals surface area (Å²) >= 11 is 0. The van der Waals surface area contributed by atoms with Crippen LogP contribution in [0.2, 0.25) is 0 Å². The van der Waals surface area contributed by atoms with E-state index in [-0.39, 0.29) is 0 Å². The molecule has 2 heterocycles. The first kappa shape index (κ1) is 12.9. The molecule has 5 nitrogen and oxygen atoms in total. The van der Waals surface area contributed by atoms with Crippen molar-refractivity contribution in [2.24, 2.45) is 12.8 Å². The zero-order valence-corrected chi connectivity index (χ0v) is 11.8. The van der Waals surface area contributed by atoms with Gasteiger partial charge in [-0.15, -0.1) is 0 Å². The van der Waals surface area contributed by atoms with Crippen molar-refractivity contribution in [3.05, 3.63) is 36.0 Å². The van der Waals surface area contributed by atoms with Crippen molar-refractivity contribution in [3.8, 4) is 11.3 Å². The average molecular weight is 269 g/mol. The molecule has 0 aliphatic carbocycles. The number of nitrogens with zero attached hydrogens (tertiary/aromatic N) is 3. The van der Waals surface area contributed by atoms with Crippen LogP contribution in [0.3, 0.4) is 0 Å². The highest BCUT2D eigenvalue weighted by atomic mass is 15.0. The van der Waals surface area contributed by atoms with Crippen molar-refractivity contribution in [1.82, 2.24) is 19.5 Å². The molecule has 104 valence electrons. The molecule has 0 aliphatic heterocycles. The molecule has 0 atom stereocenters. The lowest BCUT2D eigenvalue weighted by atomic mass is 10.1. The van der Waals surface area contributed by atoms with Crippen molar-refractivity contribution in [3.63, 3.8) is 0 Å². The van der Waals surface area contributed by atoms with E-state index in [1.165, 1.54) is 0 Å². The number of nitrogens with one attached hydrogen (secondary N) is 1. The van der Waals surface area contributed by atoms with E-state index in [1.54, 1.807) is 0 Å². The normalized spacial score (nSPS) is 11.3. The summed E-state index contributed by atoms with van der Waals surface area (Å²) < 4.78 is 2.10. The summed E-state index contributed by atoms with van der Waals surface area (Å²) in [6.45, 7) is 2.70. The molecule has 0 saturated carbocycles. The highest BCUT2D eigenvalue weighted by Crippen LogP contribution is 2.23. The minimum Gasteiger partial charge on any atom is -0.342 e. The van der Waals surface area contributed by atoms with Crippen molar-refractivity contribution in [2.45, 2.75) is 19.8 Å². The van der Waals surface area contributed by atoms with Gasteiger partial charge in [-0.3, -0.25) is 0 Å². The van der Waals surface area contributed by atoms with Crippen LogP contribution in [0.5, 0.6) is 0 Å². The summed E-state index contributed by atoms with van der Waals surface area (Å²) in [6, 6.07) is 6.30. The minimum absolute atomic E-state index is 0.690. The second-order valence-electron chi connectivity index (χ2n) is 5.06. The monoisotopic (exact) mass is 269 g/mol. The van der Waals surface area contributed by atoms with Crippen molar-refractivity contribution < 1.29 is 0 Å². The largest absolute Gasteiger partial charge is 0.342 e. The predicted octanol–water partition coefficient (Wildman–Crippen LogP) is 2.16. The first-order valence-corrected chi connectivity index (χ1v) is 6.86. The van der Waals surface area contributed by atoms with Crippen LogP contribution in [0.25, 0.3) is 22.3 Å². The fraction of sp³-hybridized carbons (Fsp3) is 0.333. The smallest absolute Gasteiger partial charge is 0.106 e. The number of hydrogen-bond donors (Lipinski definition) is 2. The minimum atomic E-state index is 0.690. The Bertz CT molecular complexity index is 738. The number of aromatic amines is 1. The summed E-state index contributed by atoms with van der Waals surface area (Å²) in [5.41, 5.74) is 9.83. The standard InChI is InChI=1S/C15H19N5/c1-10-18-12-8-11(5-6-14(12)20(10)2)13-9-17-15(19-13)4-3-7-16/h5-6,8-9H,3-4,7,16H2,1-2H3,(H,17,19). The third-order valence-electron chi connectivity index (χ3n) is 3.66. The summed E-state index contributed by atoms with van der Waals surface area (Å²) in [7, 11) is 2.03. The average Bonchev–Trinajstić information content (AvgIpc) is 3.02. The second kappa shape index (κ2) is 5.09. The van der Waals surface area contributed by atoms with E-state index in [1.807, 2.05) is 20.2 Å². The molecule has 20 heavy (non-hydrogen) atoms. The van der Waals surface area contributed by atoms with E-state index in [2.05, 4.69) is 37.7 Å². The van der Waals surface area contributed by atoms with Gasteiger partial charge in [0.25, 0.3) is 0 Å². The van der Waals surface area contributed by atoms with E-state index >= 15 is 0 Å². The van der Waals surface area contributed by atoms with E-state index < -0.39 is 0 Å². The molecule has 0 amide bonds. The third-order valence-corrected chi connectivity index (χ3v) is 3.66. The predicted molar refractivity (Wildman–Crippen MR) is 80.4 cm³/mol. The van der Waals surface area contributed by atoms with Gasteiger partial charge < -0.3 is 15.3 Å². The van der Waals surface area contributed by atoms with Gasteiger partial charge in [0.05, 0.1) is 22.9 Å². The highest BCUT2D eigenvalue weighted by Gasteiger charge is 2.08. The van der Waals surface area contributed by atoms with Gasteiger partial charge in [-0.2, -0.15) is 0 Å². The summed E-state index contributed by atoms with van der Waals surface area (Å²) in [6.07, 6.45) is 3.72. The van der Waals surface area contributed by atoms with Gasteiger partial charge in [0.1, 0.15) is 11.6 Å². The number of fused-ring (bicyclic) bond motifs is 1. The molecule has 0 spiro atoms. The molecule has 0 saturated heterocycles. The lowest BCUT2D eigenvalue weighted by Gasteiger charge is -1.99. The second-order valence-corrected chi connectivity index (χ2v) is 5.06. The topological polar surface area (TPSA) is 72.5 Å². The Morgan fingerprint density at radius 1 is 1.35 bits per heavy atom. The quantitative estimate of drug-likeness (QED) is 0.762. The molecule has 3 rings (SSSR count). The molecule has 1 aromatic carbocycles. The molecule has 0 unspecified atom stereocenters. The van der Waals surface area contributed by atoms with Gasteiger partial charge in [0.2, 0.25) is 0 Å².